The third-order valence-electron chi connectivity index (χ3n) is 23.9. The molecule has 0 aliphatic heterocycles. The molecule has 4 N–H and O–H groups in total. The van der Waals surface area contributed by atoms with Gasteiger partial charge in [-0.05, 0) is 154 Å². The summed E-state index contributed by atoms with van der Waals surface area (Å²) in [5.41, 5.74) is 0. The van der Waals surface area contributed by atoms with Crippen LogP contribution in [0.3, 0.4) is 0 Å². The van der Waals surface area contributed by atoms with E-state index in [9.17, 15) is 43.5 Å². The number of rotatable bonds is 105. The highest BCUT2D eigenvalue weighted by molar-refractivity contribution is 7.47. The molecule has 5 atom stereocenters. The fourth-order valence-electron chi connectivity index (χ4n) is 15.6. The minimum atomic E-state index is -4.95. The molecule has 16 nitrogen and oxygen atoms in total. The molecule has 0 spiro atoms. The zero-order valence-electron chi connectivity index (χ0n) is 86.5. The molecule has 0 rings (SSSR count). The van der Waals surface area contributed by atoms with E-state index in [1.54, 1.807) is 0 Å². The van der Waals surface area contributed by atoms with Gasteiger partial charge < -0.3 is 34.2 Å². The lowest BCUT2D eigenvalue weighted by atomic mass is 10.0. The van der Waals surface area contributed by atoms with E-state index in [4.69, 9.17) is 32.3 Å². The fraction of sp³-hybridized carbons (Fsp3) is 0.735. The summed E-state index contributed by atoms with van der Waals surface area (Å²) in [6.45, 7) is 2.53. The van der Waals surface area contributed by atoms with Crippen molar-refractivity contribution in [1.29, 1.82) is 0 Å². The molecule has 0 aromatic carbocycles. The quantitative estimate of drug-likeness (QED) is 0.0146. The first kappa shape index (κ1) is 130. The number of allylic oxidation sites excluding steroid dienone is 28. The van der Waals surface area contributed by atoms with Crippen molar-refractivity contribution in [2.45, 2.75) is 514 Å². The van der Waals surface area contributed by atoms with Gasteiger partial charge in [-0.1, -0.05) is 493 Å². The molecule has 18 heteroatoms. The van der Waals surface area contributed by atoms with Crippen molar-refractivity contribution in [3.05, 3.63) is 170 Å². The van der Waals surface area contributed by atoms with Crippen LogP contribution in [0.5, 0.6) is 0 Å². The van der Waals surface area contributed by atoms with Crippen molar-refractivity contribution in [1.82, 2.24) is 0 Å². The van der Waals surface area contributed by atoms with Gasteiger partial charge in [0, 0.05) is 19.3 Å². The minimum Gasteiger partial charge on any atom is -0.463 e. The van der Waals surface area contributed by atoms with E-state index in [-0.39, 0.29) is 19.3 Å². The Bertz CT molecular complexity index is 3140. The summed E-state index contributed by atoms with van der Waals surface area (Å²) < 4.78 is 61.8. The van der Waals surface area contributed by atoms with E-state index < -0.39 is 91.5 Å². The normalized spacial score (nSPS) is 14.2. The van der Waals surface area contributed by atoms with E-state index in [0.717, 1.165) is 154 Å². The van der Waals surface area contributed by atoms with Crippen LogP contribution in [0, 0.1) is 0 Å². The highest BCUT2D eigenvalue weighted by atomic mass is 31.2. The van der Waals surface area contributed by atoms with Gasteiger partial charge in [0.2, 0.25) is 0 Å². The summed E-state index contributed by atoms with van der Waals surface area (Å²) in [6.07, 6.45) is 143. The van der Waals surface area contributed by atoms with Crippen LogP contribution < -0.4 is 0 Å². The van der Waals surface area contributed by atoms with Crippen LogP contribution in [0.25, 0.3) is 0 Å². The Hall–Kier alpha value is -5.09. The fourth-order valence-corrected chi connectivity index (χ4v) is 17.2. The van der Waals surface area contributed by atoms with Crippen LogP contribution in [0.4, 0.5) is 0 Å². The predicted octanol–water partition coefficient (Wildman–Crippen LogP) is 35.7. The third-order valence-corrected chi connectivity index (χ3v) is 25.8. The van der Waals surface area contributed by atoms with Crippen LogP contribution in [0.1, 0.15) is 496 Å². The number of esters is 3. The topological polar surface area (TPSA) is 231 Å². The lowest BCUT2D eigenvalue weighted by Gasteiger charge is -2.21. The van der Waals surface area contributed by atoms with E-state index in [1.807, 2.05) is 0 Å². The number of carbonyl (C=O) groups excluding carboxylic acids is 3. The second-order valence-electron chi connectivity index (χ2n) is 37.1. The van der Waals surface area contributed by atoms with Gasteiger partial charge >= 0.3 is 33.6 Å². The van der Waals surface area contributed by atoms with Crippen LogP contribution in [-0.2, 0) is 55.8 Å². The van der Waals surface area contributed by atoms with Crippen LogP contribution >= 0.6 is 15.6 Å². The minimum absolute atomic E-state index is 0.103. The van der Waals surface area contributed by atoms with Crippen molar-refractivity contribution >= 4 is 33.6 Å². The largest absolute Gasteiger partial charge is 0.472 e. The highest BCUT2D eigenvalue weighted by Crippen LogP contribution is 2.45. The number of ether oxygens (including phenoxy) is 3. The monoisotopic (exact) mass is 1930 g/mol. The first-order chi connectivity index (χ1) is 66.2. The number of unbranched alkanes of at least 4 members (excludes halogenated alkanes) is 54. The zero-order chi connectivity index (χ0) is 97.8. The summed E-state index contributed by atoms with van der Waals surface area (Å²) in [7, 11) is -9.82. The molecular weight excluding hydrogens is 1720 g/mol. The van der Waals surface area contributed by atoms with Gasteiger partial charge in [-0.15, -0.1) is 0 Å². The number of phosphoric ester groups is 2. The smallest absolute Gasteiger partial charge is 0.463 e. The van der Waals surface area contributed by atoms with Crippen molar-refractivity contribution in [2.24, 2.45) is 0 Å². The first-order valence-corrected chi connectivity index (χ1v) is 58.4. The van der Waals surface area contributed by atoms with Gasteiger partial charge in [-0.2, -0.15) is 0 Å². The molecule has 0 aromatic heterocycles. The molecule has 0 heterocycles. The number of aliphatic hydroxyl groups is 2. The average molecular weight is 1930 g/mol. The predicted molar refractivity (Wildman–Crippen MR) is 574 cm³/mol. The molecular formula is C117H204O16P2. The SMILES string of the molecule is CC/C=C\C/C=C\C/C=C\C/C=C\C/C=C\CCCCCCCCCCCCCCCCCCCCCC(=O)OCC(O)COP(=O)(O)OCC(O)COP(=O)(O)OCC(COC(=O)CCCCCCCCCCCCCCCCCCCCC/C=C\C/C=C\C/C=C\C/C=C\C/C=C\CC)OC(=O)CCCCCCCCCCCCCCC/C=C\C/C=C\C/C=C\C/C=C\CCCCC. The van der Waals surface area contributed by atoms with E-state index in [1.165, 1.54) is 283 Å². The Morgan fingerprint density at radius 2 is 0.393 bits per heavy atom. The number of aliphatic hydroxyl groups excluding tert-OH is 2. The average Bonchev–Trinajstić information content (AvgIpc) is 0.895. The van der Waals surface area contributed by atoms with E-state index >= 15 is 0 Å². The van der Waals surface area contributed by atoms with Crippen molar-refractivity contribution < 1.29 is 75.8 Å². The van der Waals surface area contributed by atoms with Gasteiger partial charge in [-0.3, -0.25) is 32.5 Å². The molecule has 0 saturated carbocycles. The Labute approximate surface area is 828 Å². The molecule has 135 heavy (non-hydrogen) atoms. The number of hydrogen-bond donors (Lipinski definition) is 4. The zero-order valence-corrected chi connectivity index (χ0v) is 88.3. The summed E-state index contributed by atoms with van der Waals surface area (Å²) in [5.74, 6) is -1.55. The molecule has 0 aliphatic rings. The van der Waals surface area contributed by atoms with Gasteiger partial charge in [-0.25, -0.2) is 9.13 Å². The van der Waals surface area contributed by atoms with Crippen molar-refractivity contribution in [2.75, 3.05) is 39.6 Å². The van der Waals surface area contributed by atoms with Crippen LogP contribution in [0.15, 0.2) is 170 Å². The Kier molecular flexibility index (Phi) is 104. The molecule has 0 fully saturated rings. The molecule has 0 aromatic rings. The number of carbonyl (C=O) groups is 3. The molecule has 778 valence electrons. The molecule has 0 saturated heterocycles. The maximum absolute atomic E-state index is 13.2. The summed E-state index contributed by atoms with van der Waals surface area (Å²) in [4.78, 5) is 59.4. The lowest BCUT2D eigenvalue weighted by molar-refractivity contribution is -0.161. The Morgan fingerprint density at radius 1 is 0.215 bits per heavy atom. The second-order valence-corrected chi connectivity index (χ2v) is 40.0. The Balaban J connectivity index is 4.57. The van der Waals surface area contributed by atoms with E-state index in [2.05, 4.69) is 191 Å². The summed E-state index contributed by atoms with van der Waals surface area (Å²) in [5, 5.41) is 20.8. The molecule has 0 aliphatic carbocycles. The van der Waals surface area contributed by atoms with Gasteiger partial charge in [0.05, 0.1) is 26.4 Å². The van der Waals surface area contributed by atoms with Gasteiger partial charge in [0.25, 0.3) is 0 Å². The third kappa shape index (κ3) is 109. The molecule has 0 radical (unpaired) electrons. The van der Waals surface area contributed by atoms with E-state index in [0.29, 0.717) is 19.3 Å². The van der Waals surface area contributed by atoms with Crippen molar-refractivity contribution in [3.8, 4) is 0 Å². The van der Waals surface area contributed by atoms with Crippen molar-refractivity contribution in [3.63, 3.8) is 0 Å². The lowest BCUT2D eigenvalue weighted by Crippen LogP contribution is -2.30. The van der Waals surface area contributed by atoms with Crippen LogP contribution in [0.2, 0.25) is 0 Å². The Morgan fingerprint density at radius 3 is 0.622 bits per heavy atom. The maximum atomic E-state index is 13.2. The maximum Gasteiger partial charge on any atom is 0.472 e. The second kappa shape index (κ2) is 108. The number of hydrogen-bond acceptors (Lipinski definition) is 14. The summed E-state index contributed by atoms with van der Waals surface area (Å²) in [6, 6.07) is 0. The standard InChI is InChI=1S/C117H204O16P2/c1-4-7-10-13-16-19-22-25-28-31-34-37-40-43-46-49-51-53-55-57-59-62-64-67-70-73-76-79-82-85-88-91-94-97-100-103-115(120)127-106-112(118)107-129-134(123,124)130-108-113(119)109-131-135(125,126)132-111-114(133-117(122)105-102-99-96-93-90-87-84-81-78-75-72-69-66-61-48-45-42-39-36-33-30-27-24-21-18-15-12-9-6-3)110-128-116(121)104-101-98-95-92-89-86-83-80-77-74-71-68-65-63-60-58-56-54-52-50-47-44-41-38-35-32-29-26-23-20-17-14-11-8-5-2/h7-8,10-11,16-21,25-30,34-39,43-48,112-114,118-119H,4-6,9,12-15,22-24,31-33,40-42,49-111H2,1-3H3,(H,123,124)(H,125,126)/b10-7-,11-8-,19-16-,20-17-,21-18-,28-25-,29-26-,30-27-,37-34-,38-35-,39-36-,46-43-,47-44-,48-45-. The van der Waals surface area contributed by atoms with Gasteiger partial charge in [0.15, 0.2) is 6.10 Å². The first-order valence-electron chi connectivity index (χ1n) is 55.4. The number of phosphoric acid groups is 2. The summed E-state index contributed by atoms with van der Waals surface area (Å²) >= 11 is 0. The van der Waals surface area contributed by atoms with Gasteiger partial charge in [0.1, 0.15) is 25.4 Å². The highest BCUT2D eigenvalue weighted by Gasteiger charge is 2.30. The molecule has 0 bridgehead atoms. The van der Waals surface area contributed by atoms with Crippen LogP contribution in [-0.4, -0.2) is 95.9 Å². The molecule has 5 unspecified atom stereocenters. The molecule has 0 amide bonds.